The number of imidazole rings is 1. The second kappa shape index (κ2) is 8.67. The third-order valence-electron chi connectivity index (χ3n) is 4.87. The van der Waals surface area contributed by atoms with Gasteiger partial charge in [0.05, 0.1) is 4.90 Å². The van der Waals surface area contributed by atoms with Crippen molar-refractivity contribution in [2.24, 2.45) is 0 Å². The van der Waals surface area contributed by atoms with Crippen molar-refractivity contribution in [1.82, 2.24) is 19.6 Å². The van der Waals surface area contributed by atoms with Gasteiger partial charge in [-0.2, -0.15) is 0 Å². The summed E-state index contributed by atoms with van der Waals surface area (Å²) in [5, 5.41) is 2.84. The lowest BCUT2D eigenvalue weighted by atomic mass is 10.2. The molecule has 1 saturated carbocycles. The number of carbonyl (C=O) groups is 1. The number of aromatic nitrogens is 2. The second-order valence-corrected chi connectivity index (χ2v) is 8.62. The summed E-state index contributed by atoms with van der Waals surface area (Å²) < 4.78 is 29.8. The minimum Gasteiger partial charge on any atom is -0.352 e. The summed E-state index contributed by atoms with van der Waals surface area (Å²) >= 11 is 0. The molecule has 2 N–H and O–H groups in total. The van der Waals surface area contributed by atoms with Crippen LogP contribution in [0.2, 0.25) is 0 Å². The fourth-order valence-electron chi connectivity index (χ4n) is 3.33. The van der Waals surface area contributed by atoms with Crippen molar-refractivity contribution in [2.45, 2.75) is 56.5 Å². The maximum absolute atomic E-state index is 12.5. The molecule has 0 atom stereocenters. The first-order valence-corrected chi connectivity index (χ1v) is 10.8. The van der Waals surface area contributed by atoms with Gasteiger partial charge in [-0.15, -0.1) is 0 Å². The molecule has 146 valence electrons. The Morgan fingerprint density at radius 2 is 2.07 bits per heavy atom. The molecule has 1 aliphatic rings. The zero-order valence-electron chi connectivity index (χ0n) is 15.5. The van der Waals surface area contributed by atoms with E-state index in [9.17, 15) is 13.2 Å². The highest BCUT2D eigenvalue weighted by atomic mass is 32.2. The van der Waals surface area contributed by atoms with E-state index in [4.69, 9.17) is 0 Å². The molecule has 0 spiro atoms. The van der Waals surface area contributed by atoms with Gasteiger partial charge >= 0.3 is 0 Å². The van der Waals surface area contributed by atoms with Crippen molar-refractivity contribution < 1.29 is 13.2 Å². The number of hydrogen-bond acceptors (Lipinski definition) is 4. The molecule has 1 aromatic heterocycles. The number of amides is 1. The largest absolute Gasteiger partial charge is 0.352 e. The topological polar surface area (TPSA) is 93.1 Å². The van der Waals surface area contributed by atoms with E-state index >= 15 is 0 Å². The Morgan fingerprint density at radius 1 is 1.30 bits per heavy atom. The van der Waals surface area contributed by atoms with Crippen LogP contribution < -0.4 is 10.0 Å². The molecule has 0 unspecified atom stereocenters. The number of rotatable bonds is 8. The average molecular weight is 391 g/mol. The summed E-state index contributed by atoms with van der Waals surface area (Å²) in [6, 6.07) is 6.19. The van der Waals surface area contributed by atoms with E-state index in [-0.39, 0.29) is 16.8 Å². The van der Waals surface area contributed by atoms with Crippen LogP contribution in [0.1, 0.15) is 48.3 Å². The van der Waals surface area contributed by atoms with E-state index in [2.05, 4.69) is 15.0 Å². The Kier molecular flexibility index (Phi) is 6.28. The van der Waals surface area contributed by atoms with E-state index in [0.29, 0.717) is 12.1 Å². The van der Waals surface area contributed by atoms with E-state index in [1.54, 1.807) is 18.3 Å². The lowest BCUT2D eigenvalue weighted by Crippen LogP contribution is -2.33. The van der Waals surface area contributed by atoms with Gasteiger partial charge in [0.2, 0.25) is 10.0 Å². The zero-order chi connectivity index (χ0) is 19.3. The second-order valence-electron chi connectivity index (χ2n) is 6.91. The molecule has 0 bridgehead atoms. The molecule has 1 fully saturated rings. The maximum Gasteiger partial charge on any atom is 0.251 e. The number of nitrogens with one attached hydrogen (secondary N) is 2. The Bertz CT molecular complexity index is 886. The molecule has 1 heterocycles. The Hall–Kier alpha value is -2.19. The molecule has 0 saturated heterocycles. The quantitative estimate of drug-likeness (QED) is 0.676. The number of carbonyl (C=O) groups excluding carboxylic acids is 1. The maximum atomic E-state index is 12.5. The van der Waals surface area contributed by atoms with Crippen molar-refractivity contribution in [3.05, 3.63) is 48.0 Å². The van der Waals surface area contributed by atoms with Crippen LogP contribution in [0.5, 0.6) is 0 Å². The highest BCUT2D eigenvalue weighted by molar-refractivity contribution is 7.89. The summed E-state index contributed by atoms with van der Waals surface area (Å²) in [5.74, 6) is 0.671. The van der Waals surface area contributed by atoms with E-state index < -0.39 is 10.0 Å². The van der Waals surface area contributed by atoms with Crippen LogP contribution >= 0.6 is 0 Å². The van der Waals surface area contributed by atoms with Gasteiger partial charge in [-0.3, -0.25) is 4.79 Å². The van der Waals surface area contributed by atoms with Gasteiger partial charge in [0.1, 0.15) is 5.82 Å². The van der Waals surface area contributed by atoms with Crippen LogP contribution in [0.15, 0.2) is 41.6 Å². The Balaban J connectivity index is 1.55. The molecule has 8 heteroatoms. The van der Waals surface area contributed by atoms with E-state index in [0.717, 1.165) is 44.5 Å². The first-order valence-electron chi connectivity index (χ1n) is 9.34. The van der Waals surface area contributed by atoms with Gasteiger partial charge in [0.25, 0.3) is 5.91 Å². The molecule has 0 radical (unpaired) electrons. The molecule has 0 aliphatic heterocycles. The van der Waals surface area contributed by atoms with Gasteiger partial charge in [-0.05, 0) is 44.4 Å². The molecule has 1 aromatic carbocycles. The summed E-state index contributed by atoms with van der Waals surface area (Å²) in [6.07, 6.45) is 8.26. The first kappa shape index (κ1) is 19.6. The lowest BCUT2D eigenvalue weighted by molar-refractivity contribution is 0.0952. The van der Waals surface area contributed by atoms with Gasteiger partial charge in [0.15, 0.2) is 0 Å². The molecule has 2 aromatic rings. The Morgan fingerprint density at radius 3 is 2.78 bits per heavy atom. The molecule has 3 rings (SSSR count). The molecule has 1 aliphatic carbocycles. The number of benzene rings is 1. The predicted molar refractivity (Wildman–Crippen MR) is 103 cm³/mol. The van der Waals surface area contributed by atoms with E-state index in [1.807, 2.05) is 17.7 Å². The first-order chi connectivity index (χ1) is 13.0. The molecule has 7 nitrogen and oxygen atoms in total. The van der Waals surface area contributed by atoms with Gasteiger partial charge in [-0.25, -0.2) is 18.1 Å². The van der Waals surface area contributed by atoms with Crippen LogP contribution in [-0.4, -0.2) is 36.5 Å². The normalized spacial score (nSPS) is 15.1. The third-order valence-corrected chi connectivity index (χ3v) is 6.39. The minimum atomic E-state index is -3.60. The van der Waals surface area contributed by atoms with Gasteiger partial charge < -0.3 is 9.88 Å². The van der Waals surface area contributed by atoms with Crippen LogP contribution in [0.3, 0.4) is 0 Å². The predicted octanol–water partition coefficient (Wildman–Crippen LogP) is 2.23. The molecular formula is C19H26N4O3S. The minimum absolute atomic E-state index is 0.000819. The highest BCUT2D eigenvalue weighted by Gasteiger charge is 2.23. The summed E-state index contributed by atoms with van der Waals surface area (Å²) in [7, 11) is -3.60. The SMILES string of the molecule is Cc1nccn1CCCNC(=O)c1cccc(S(=O)(=O)NC2CCCC2)c1. The number of aryl methyl sites for hydroxylation is 2. The van der Waals surface area contributed by atoms with Crippen molar-refractivity contribution >= 4 is 15.9 Å². The van der Waals surface area contributed by atoms with Crippen LogP contribution in [0, 0.1) is 6.92 Å². The standard InChI is InChI=1S/C19H26N4O3S/c1-15-20-11-13-23(15)12-5-10-21-19(24)16-6-4-9-18(14-16)27(25,26)22-17-7-2-3-8-17/h4,6,9,11,13-14,17,22H,2-3,5,7-8,10,12H2,1H3,(H,21,24). The van der Waals surface area contributed by atoms with Crippen LogP contribution in [0.4, 0.5) is 0 Å². The summed E-state index contributed by atoms with van der Waals surface area (Å²) in [5.41, 5.74) is 0.350. The smallest absolute Gasteiger partial charge is 0.251 e. The van der Waals surface area contributed by atoms with Gasteiger partial charge in [-0.1, -0.05) is 18.9 Å². The summed E-state index contributed by atoms with van der Waals surface area (Å²) in [4.78, 5) is 16.6. The monoisotopic (exact) mass is 390 g/mol. The van der Waals surface area contributed by atoms with Crippen molar-refractivity contribution in [1.29, 1.82) is 0 Å². The summed E-state index contributed by atoms with van der Waals surface area (Å²) in [6.45, 7) is 3.21. The highest BCUT2D eigenvalue weighted by Crippen LogP contribution is 2.20. The number of sulfonamides is 1. The molecule has 27 heavy (non-hydrogen) atoms. The molecule has 1 amide bonds. The van der Waals surface area contributed by atoms with Crippen LogP contribution in [0.25, 0.3) is 0 Å². The number of hydrogen-bond donors (Lipinski definition) is 2. The average Bonchev–Trinajstić information content (AvgIpc) is 3.30. The zero-order valence-corrected chi connectivity index (χ0v) is 16.3. The van der Waals surface area contributed by atoms with Crippen molar-refractivity contribution in [3.63, 3.8) is 0 Å². The fraction of sp³-hybridized carbons (Fsp3) is 0.474. The number of nitrogens with zero attached hydrogens (tertiary/aromatic N) is 2. The molecular weight excluding hydrogens is 364 g/mol. The van der Waals surface area contributed by atoms with Gasteiger partial charge in [0, 0.05) is 37.1 Å². The fourth-order valence-corrected chi connectivity index (χ4v) is 4.68. The van der Waals surface area contributed by atoms with Crippen LogP contribution in [-0.2, 0) is 16.6 Å². The van der Waals surface area contributed by atoms with E-state index in [1.165, 1.54) is 12.1 Å². The lowest BCUT2D eigenvalue weighted by Gasteiger charge is -2.13. The van der Waals surface area contributed by atoms with Crippen molar-refractivity contribution in [3.8, 4) is 0 Å². The van der Waals surface area contributed by atoms with Crippen molar-refractivity contribution in [2.75, 3.05) is 6.54 Å². The Labute approximate surface area is 160 Å². The third kappa shape index (κ3) is 5.17.